The maximum absolute atomic E-state index is 13.4. The van der Waals surface area contributed by atoms with E-state index in [4.69, 9.17) is 15.2 Å². The molecule has 1 aromatic carbocycles. The Labute approximate surface area is 114 Å². The number of ether oxygens (including phenoxy) is 2. The zero-order valence-electron chi connectivity index (χ0n) is 12.0. The van der Waals surface area contributed by atoms with E-state index >= 15 is 0 Å². The van der Waals surface area contributed by atoms with Crippen molar-refractivity contribution in [3.05, 3.63) is 17.9 Å². The van der Waals surface area contributed by atoms with Crippen molar-refractivity contribution in [3.63, 3.8) is 0 Å². The lowest BCUT2D eigenvalue weighted by Crippen LogP contribution is -2.25. The van der Waals surface area contributed by atoms with Crippen molar-refractivity contribution in [2.45, 2.75) is 20.3 Å². The first-order valence-electron chi connectivity index (χ1n) is 6.25. The van der Waals surface area contributed by atoms with Crippen LogP contribution >= 0.6 is 0 Å². The lowest BCUT2D eigenvalue weighted by atomic mass is 9.89. The van der Waals surface area contributed by atoms with Gasteiger partial charge in [-0.3, -0.25) is 0 Å². The summed E-state index contributed by atoms with van der Waals surface area (Å²) in [7, 11) is 3.12. The van der Waals surface area contributed by atoms with E-state index in [1.54, 1.807) is 13.2 Å². The quantitative estimate of drug-likeness (QED) is 0.748. The molecule has 0 saturated carbocycles. The Kier molecular flexibility index (Phi) is 5.42. The molecule has 0 aromatic heterocycles. The molecule has 0 aliphatic heterocycles. The van der Waals surface area contributed by atoms with Crippen LogP contribution in [0.2, 0.25) is 0 Å². The van der Waals surface area contributed by atoms with E-state index in [1.165, 1.54) is 13.2 Å². The van der Waals surface area contributed by atoms with Gasteiger partial charge in [0.2, 0.25) is 0 Å². The fraction of sp³-hybridized carbons (Fsp3) is 0.571. The summed E-state index contributed by atoms with van der Waals surface area (Å²) in [6, 6.07) is 2.85. The van der Waals surface area contributed by atoms with Gasteiger partial charge in [-0.25, -0.2) is 4.39 Å². The van der Waals surface area contributed by atoms with Crippen molar-refractivity contribution >= 4 is 11.4 Å². The summed E-state index contributed by atoms with van der Waals surface area (Å²) in [6.45, 7) is 5.69. The Bertz CT molecular complexity index is 422. The minimum atomic E-state index is -0.454. The third-order valence-corrected chi connectivity index (χ3v) is 3.06. The smallest absolute Gasteiger partial charge is 0.167 e. The van der Waals surface area contributed by atoms with Crippen LogP contribution in [-0.2, 0) is 4.74 Å². The number of methoxy groups -OCH3 is 2. The second kappa shape index (κ2) is 6.61. The minimum absolute atomic E-state index is 0.0596. The fourth-order valence-electron chi connectivity index (χ4n) is 1.68. The van der Waals surface area contributed by atoms with Crippen LogP contribution in [0.3, 0.4) is 0 Å². The zero-order chi connectivity index (χ0) is 14.5. The largest absolute Gasteiger partial charge is 0.494 e. The average Bonchev–Trinajstić information content (AvgIpc) is 2.35. The molecule has 0 atom stereocenters. The van der Waals surface area contributed by atoms with Gasteiger partial charge in [0.15, 0.2) is 11.6 Å². The molecule has 108 valence electrons. The topological polar surface area (TPSA) is 56.5 Å². The zero-order valence-corrected chi connectivity index (χ0v) is 12.0. The normalized spacial score (nSPS) is 11.4. The fourth-order valence-corrected chi connectivity index (χ4v) is 1.68. The van der Waals surface area contributed by atoms with E-state index in [1.807, 2.05) is 0 Å². The van der Waals surface area contributed by atoms with Crippen molar-refractivity contribution in [3.8, 4) is 5.75 Å². The standard InChI is InChI=1S/C14H23FN2O2/c1-14(2,5-6-18-3)9-17-12-8-13(19-4)10(15)7-11(12)16/h7-8,17H,5-6,9,16H2,1-4H3. The molecule has 0 unspecified atom stereocenters. The molecule has 3 N–H and O–H groups in total. The summed E-state index contributed by atoms with van der Waals surface area (Å²) in [5, 5.41) is 3.24. The molecule has 0 fully saturated rings. The first-order chi connectivity index (χ1) is 8.89. The van der Waals surface area contributed by atoms with Gasteiger partial charge in [0.25, 0.3) is 0 Å². The second-order valence-electron chi connectivity index (χ2n) is 5.33. The first kappa shape index (κ1) is 15.6. The highest BCUT2D eigenvalue weighted by Gasteiger charge is 2.18. The van der Waals surface area contributed by atoms with Gasteiger partial charge < -0.3 is 20.5 Å². The molecule has 5 heteroatoms. The molecule has 0 saturated heterocycles. The van der Waals surface area contributed by atoms with E-state index in [-0.39, 0.29) is 11.2 Å². The number of nitrogens with one attached hydrogen (secondary N) is 1. The Morgan fingerprint density at radius 2 is 2.00 bits per heavy atom. The van der Waals surface area contributed by atoms with Crippen LogP contribution in [0.15, 0.2) is 12.1 Å². The van der Waals surface area contributed by atoms with Crippen LogP contribution in [0.1, 0.15) is 20.3 Å². The number of nitrogens with two attached hydrogens (primary N) is 1. The SMILES string of the molecule is COCCC(C)(C)CNc1cc(OC)c(F)cc1N. The molecule has 0 aliphatic rings. The Hall–Kier alpha value is -1.49. The van der Waals surface area contributed by atoms with E-state index in [2.05, 4.69) is 19.2 Å². The number of hydrogen-bond donors (Lipinski definition) is 2. The Morgan fingerprint density at radius 3 is 2.58 bits per heavy atom. The average molecular weight is 270 g/mol. The van der Waals surface area contributed by atoms with Gasteiger partial charge in [-0.05, 0) is 11.8 Å². The van der Waals surface area contributed by atoms with Gasteiger partial charge in [-0.2, -0.15) is 0 Å². The van der Waals surface area contributed by atoms with Gasteiger partial charge in [0, 0.05) is 32.4 Å². The summed E-state index contributed by atoms with van der Waals surface area (Å²) >= 11 is 0. The van der Waals surface area contributed by atoms with E-state index in [9.17, 15) is 4.39 Å². The monoisotopic (exact) mass is 270 g/mol. The molecular formula is C14H23FN2O2. The molecule has 0 heterocycles. The van der Waals surface area contributed by atoms with E-state index in [0.29, 0.717) is 18.0 Å². The van der Waals surface area contributed by atoms with Crippen LogP contribution in [0.5, 0.6) is 5.75 Å². The van der Waals surface area contributed by atoms with E-state index < -0.39 is 5.82 Å². The lowest BCUT2D eigenvalue weighted by Gasteiger charge is -2.25. The number of benzene rings is 1. The molecule has 0 bridgehead atoms. The van der Waals surface area contributed by atoms with Gasteiger partial charge in [-0.15, -0.1) is 0 Å². The second-order valence-corrected chi connectivity index (χ2v) is 5.33. The first-order valence-corrected chi connectivity index (χ1v) is 6.25. The summed E-state index contributed by atoms with van der Waals surface area (Å²) < 4.78 is 23.5. The van der Waals surface area contributed by atoms with Gasteiger partial charge in [0.05, 0.1) is 18.5 Å². The van der Waals surface area contributed by atoms with Crippen LogP contribution in [0, 0.1) is 11.2 Å². The molecule has 19 heavy (non-hydrogen) atoms. The summed E-state index contributed by atoms with van der Waals surface area (Å²) in [4.78, 5) is 0. The number of halogens is 1. The molecule has 4 nitrogen and oxygen atoms in total. The predicted octanol–water partition coefficient (Wildman–Crippen LogP) is 2.89. The molecule has 0 radical (unpaired) electrons. The van der Waals surface area contributed by atoms with Gasteiger partial charge in [-0.1, -0.05) is 13.8 Å². The van der Waals surface area contributed by atoms with Crippen molar-refractivity contribution < 1.29 is 13.9 Å². The third kappa shape index (κ3) is 4.59. The minimum Gasteiger partial charge on any atom is -0.494 e. The summed E-state index contributed by atoms with van der Waals surface area (Å²) in [6.07, 6.45) is 0.925. The highest BCUT2D eigenvalue weighted by Crippen LogP contribution is 2.29. The third-order valence-electron chi connectivity index (χ3n) is 3.06. The van der Waals surface area contributed by atoms with Gasteiger partial charge in [0.1, 0.15) is 0 Å². The summed E-state index contributed by atoms with van der Waals surface area (Å²) in [5.41, 5.74) is 6.91. The molecule has 0 amide bonds. The molecule has 0 aliphatic carbocycles. The van der Waals surface area contributed by atoms with Crippen LogP contribution in [0.25, 0.3) is 0 Å². The van der Waals surface area contributed by atoms with Crippen molar-refractivity contribution in [2.24, 2.45) is 5.41 Å². The Balaban J connectivity index is 2.72. The van der Waals surface area contributed by atoms with Crippen molar-refractivity contribution in [1.82, 2.24) is 0 Å². The molecule has 1 aromatic rings. The van der Waals surface area contributed by atoms with Crippen LogP contribution in [-0.4, -0.2) is 27.4 Å². The highest BCUT2D eigenvalue weighted by atomic mass is 19.1. The molecule has 1 rings (SSSR count). The molecule has 0 spiro atoms. The number of nitrogen functional groups attached to an aromatic ring is 1. The van der Waals surface area contributed by atoms with Crippen molar-refractivity contribution in [1.29, 1.82) is 0 Å². The predicted molar refractivity (Wildman–Crippen MR) is 76.1 cm³/mol. The maximum atomic E-state index is 13.4. The van der Waals surface area contributed by atoms with E-state index in [0.717, 1.165) is 13.0 Å². The van der Waals surface area contributed by atoms with Crippen LogP contribution < -0.4 is 15.8 Å². The molecular weight excluding hydrogens is 247 g/mol. The number of hydrogen-bond acceptors (Lipinski definition) is 4. The maximum Gasteiger partial charge on any atom is 0.167 e. The van der Waals surface area contributed by atoms with Crippen LogP contribution in [0.4, 0.5) is 15.8 Å². The van der Waals surface area contributed by atoms with Crippen molar-refractivity contribution in [2.75, 3.05) is 38.4 Å². The lowest BCUT2D eigenvalue weighted by molar-refractivity contribution is 0.157. The summed E-state index contributed by atoms with van der Waals surface area (Å²) in [5.74, 6) is -0.268. The number of anilines is 2. The number of rotatable bonds is 7. The highest BCUT2D eigenvalue weighted by molar-refractivity contribution is 5.68. The van der Waals surface area contributed by atoms with Gasteiger partial charge >= 0.3 is 0 Å². The Morgan fingerprint density at radius 1 is 1.32 bits per heavy atom.